The number of hydrogen-bond acceptors (Lipinski definition) is 4. The second-order valence-corrected chi connectivity index (χ2v) is 7.21. The van der Waals surface area contributed by atoms with Gasteiger partial charge in [-0.2, -0.15) is 5.26 Å². The fraction of sp³-hybridized carbons (Fsp3) is 0. The maximum atomic E-state index is 12.3. The average molecular weight is 409 g/mol. The molecule has 0 saturated heterocycles. The fourth-order valence-corrected chi connectivity index (χ4v) is 3.70. The number of carboxylic acid groups (broad SMARTS) is 1. The van der Waals surface area contributed by atoms with Crippen LogP contribution in [0.15, 0.2) is 66.4 Å². The molecule has 2 N–H and O–H groups in total. The summed E-state index contributed by atoms with van der Waals surface area (Å²) in [5.74, 6) is -1.82. The van der Waals surface area contributed by atoms with Gasteiger partial charge in [0.05, 0.1) is 11.6 Å². The largest absolute Gasteiger partial charge is 0.477 e. The minimum atomic E-state index is -1.25. The quantitative estimate of drug-likeness (QED) is 0.593. The van der Waals surface area contributed by atoms with Crippen molar-refractivity contribution in [2.24, 2.45) is 0 Å². The molecule has 0 bridgehead atoms. The molecule has 1 aromatic heterocycles. The van der Waals surface area contributed by atoms with Gasteiger partial charge in [0.2, 0.25) is 0 Å². The Balaban J connectivity index is 1.83. The van der Waals surface area contributed by atoms with Crippen LogP contribution in [-0.2, 0) is 4.79 Å². The first-order chi connectivity index (χ1) is 13.5. The van der Waals surface area contributed by atoms with Crippen molar-refractivity contribution in [2.75, 3.05) is 0 Å². The van der Waals surface area contributed by atoms with Crippen LogP contribution in [0.3, 0.4) is 0 Å². The number of nitriles is 1. The summed E-state index contributed by atoms with van der Waals surface area (Å²) in [5, 5.41) is 21.2. The Hall–Kier alpha value is -3.40. The highest BCUT2D eigenvalue weighted by Gasteiger charge is 2.14. The summed E-state index contributed by atoms with van der Waals surface area (Å²) < 4.78 is 0. The Morgan fingerprint density at radius 3 is 2.43 bits per heavy atom. The number of rotatable bonds is 5. The van der Waals surface area contributed by atoms with Crippen molar-refractivity contribution in [2.45, 2.75) is 0 Å². The number of hydrogen-bond donors (Lipinski definition) is 2. The van der Waals surface area contributed by atoms with Crippen molar-refractivity contribution < 1.29 is 14.7 Å². The van der Waals surface area contributed by atoms with Crippen LogP contribution in [0.5, 0.6) is 0 Å². The van der Waals surface area contributed by atoms with Crippen LogP contribution in [0.1, 0.15) is 20.8 Å². The SMILES string of the molecule is N#Cc1ccc(C(=O)NC(=Cc2ccc(-c3ccccc3Cl)s2)C(=O)O)cc1. The van der Waals surface area contributed by atoms with Crippen LogP contribution in [-0.4, -0.2) is 17.0 Å². The number of nitrogens with one attached hydrogen (secondary N) is 1. The first kappa shape index (κ1) is 19.4. The summed E-state index contributed by atoms with van der Waals surface area (Å²) in [6.07, 6.45) is 1.40. The lowest BCUT2D eigenvalue weighted by Crippen LogP contribution is -2.27. The summed E-state index contributed by atoms with van der Waals surface area (Å²) in [4.78, 5) is 25.4. The summed E-state index contributed by atoms with van der Waals surface area (Å²) >= 11 is 7.56. The van der Waals surface area contributed by atoms with E-state index >= 15 is 0 Å². The Kier molecular flexibility index (Phi) is 5.90. The number of benzene rings is 2. The number of carboxylic acids is 1. The molecule has 1 heterocycles. The van der Waals surface area contributed by atoms with Crippen molar-refractivity contribution in [3.8, 4) is 16.5 Å². The Morgan fingerprint density at radius 2 is 1.79 bits per heavy atom. The molecule has 0 unspecified atom stereocenters. The van der Waals surface area contributed by atoms with Gasteiger partial charge in [0, 0.05) is 25.9 Å². The number of amides is 1. The number of thiophene rings is 1. The molecule has 138 valence electrons. The van der Waals surface area contributed by atoms with Crippen molar-refractivity contribution in [1.29, 1.82) is 5.26 Å². The first-order valence-electron chi connectivity index (χ1n) is 8.09. The van der Waals surface area contributed by atoms with E-state index in [-0.39, 0.29) is 11.3 Å². The molecule has 0 fully saturated rings. The van der Waals surface area contributed by atoms with Gasteiger partial charge in [0.1, 0.15) is 5.70 Å². The normalized spacial score (nSPS) is 10.9. The molecule has 0 aliphatic carbocycles. The number of halogens is 1. The first-order valence-corrected chi connectivity index (χ1v) is 9.28. The van der Waals surface area contributed by atoms with Gasteiger partial charge in [-0.3, -0.25) is 4.79 Å². The average Bonchev–Trinajstić information content (AvgIpc) is 3.16. The highest BCUT2D eigenvalue weighted by Crippen LogP contribution is 2.33. The van der Waals surface area contributed by atoms with E-state index in [1.807, 2.05) is 30.3 Å². The van der Waals surface area contributed by atoms with Gasteiger partial charge in [0.25, 0.3) is 5.91 Å². The smallest absolute Gasteiger partial charge is 0.352 e. The molecule has 3 aromatic rings. The number of carbonyl (C=O) groups excluding carboxylic acids is 1. The minimum Gasteiger partial charge on any atom is -0.477 e. The molecule has 0 atom stereocenters. The zero-order chi connectivity index (χ0) is 20.1. The molecule has 0 radical (unpaired) electrons. The van der Waals surface area contributed by atoms with Gasteiger partial charge in [-0.05, 0) is 48.5 Å². The standard InChI is InChI=1S/C21H13ClN2O3S/c22-17-4-2-1-3-16(17)19-10-9-15(28-19)11-18(21(26)27)24-20(25)14-7-5-13(12-23)6-8-14/h1-11H,(H,24,25)(H,26,27). The summed E-state index contributed by atoms with van der Waals surface area (Å²) in [5.41, 5.74) is 1.28. The molecule has 0 saturated carbocycles. The molecule has 2 aromatic carbocycles. The zero-order valence-electron chi connectivity index (χ0n) is 14.3. The topological polar surface area (TPSA) is 90.2 Å². The van der Waals surface area contributed by atoms with Crippen molar-refractivity contribution in [3.05, 3.63) is 87.4 Å². The molecule has 0 aliphatic heterocycles. The van der Waals surface area contributed by atoms with Crippen LogP contribution < -0.4 is 5.32 Å². The molecule has 28 heavy (non-hydrogen) atoms. The van der Waals surface area contributed by atoms with Gasteiger partial charge >= 0.3 is 5.97 Å². The predicted octanol–water partition coefficient (Wildman–Crippen LogP) is 4.80. The predicted molar refractivity (Wildman–Crippen MR) is 109 cm³/mol. The lowest BCUT2D eigenvalue weighted by molar-refractivity contribution is -0.132. The van der Waals surface area contributed by atoms with E-state index < -0.39 is 11.9 Å². The van der Waals surface area contributed by atoms with Crippen molar-refractivity contribution in [1.82, 2.24) is 5.32 Å². The monoisotopic (exact) mass is 408 g/mol. The van der Waals surface area contributed by atoms with E-state index in [0.717, 1.165) is 10.4 Å². The number of carbonyl (C=O) groups is 2. The summed E-state index contributed by atoms with van der Waals surface area (Å²) in [6.45, 7) is 0. The van der Waals surface area contributed by atoms with E-state index in [0.29, 0.717) is 15.5 Å². The van der Waals surface area contributed by atoms with Crippen LogP contribution >= 0.6 is 22.9 Å². The maximum absolute atomic E-state index is 12.3. The third-order valence-corrected chi connectivity index (χ3v) is 5.20. The van der Waals surface area contributed by atoms with Crippen LogP contribution in [0.4, 0.5) is 0 Å². The van der Waals surface area contributed by atoms with Gasteiger partial charge < -0.3 is 10.4 Å². The van der Waals surface area contributed by atoms with E-state index in [1.165, 1.54) is 41.7 Å². The van der Waals surface area contributed by atoms with Gasteiger partial charge in [0.15, 0.2) is 0 Å². The molecular weight excluding hydrogens is 396 g/mol. The summed E-state index contributed by atoms with van der Waals surface area (Å²) in [7, 11) is 0. The Morgan fingerprint density at radius 1 is 1.07 bits per heavy atom. The van der Waals surface area contributed by atoms with E-state index in [4.69, 9.17) is 16.9 Å². The third kappa shape index (κ3) is 4.46. The summed E-state index contributed by atoms with van der Waals surface area (Å²) in [6, 6.07) is 18.9. The third-order valence-electron chi connectivity index (χ3n) is 3.81. The molecule has 0 aliphatic rings. The molecule has 0 spiro atoms. The van der Waals surface area contributed by atoms with Crippen molar-refractivity contribution in [3.63, 3.8) is 0 Å². The van der Waals surface area contributed by atoms with E-state index in [2.05, 4.69) is 5.32 Å². The fourth-order valence-electron chi connectivity index (χ4n) is 2.42. The van der Waals surface area contributed by atoms with E-state index in [9.17, 15) is 14.7 Å². The van der Waals surface area contributed by atoms with Gasteiger partial charge in [-0.25, -0.2) is 4.79 Å². The number of nitrogens with zero attached hydrogens (tertiary/aromatic N) is 1. The van der Waals surface area contributed by atoms with Crippen LogP contribution in [0.2, 0.25) is 5.02 Å². The molecular formula is C21H13ClN2O3S. The highest BCUT2D eigenvalue weighted by atomic mass is 35.5. The number of aliphatic carboxylic acids is 1. The molecule has 7 heteroatoms. The van der Waals surface area contributed by atoms with Crippen LogP contribution in [0, 0.1) is 11.3 Å². The minimum absolute atomic E-state index is 0.248. The highest BCUT2D eigenvalue weighted by molar-refractivity contribution is 7.16. The zero-order valence-corrected chi connectivity index (χ0v) is 15.9. The second kappa shape index (κ2) is 8.53. The lowest BCUT2D eigenvalue weighted by Gasteiger charge is -2.06. The Labute approximate surface area is 170 Å². The van der Waals surface area contributed by atoms with Crippen molar-refractivity contribution >= 4 is 40.9 Å². The lowest BCUT2D eigenvalue weighted by atomic mass is 10.1. The van der Waals surface area contributed by atoms with Gasteiger partial charge in [-0.1, -0.05) is 29.8 Å². The molecule has 5 nitrogen and oxygen atoms in total. The van der Waals surface area contributed by atoms with Crippen LogP contribution in [0.25, 0.3) is 16.5 Å². The van der Waals surface area contributed by atoms with E-state index in [1.54, 1.807) is 12.1 Å². The maximum Gasteiger partial charge on any atom is 0.352 e. The molecule has 1 amide bonds. The van der Waals surface area contributed by atoms with Gasteiger partial charge in [-0.15, -0.1) is 11.3 Å². The molecule has 3 rings (SSSR count). The Bertz CT molecular complexity index is 1110. The second-order valence-electron chi connectivity index (χ2n) is 5.69.